The zero-order valence-corrected chi connectivity index (χ0v) is 13.5. The second-order valence-corrected chi connectivity index (χ2v) is 6.10. The summed E-state index contributed by atoms with van der Waals surface area (Å²) in [5.74, 6) is 0.805. The van der Waals surface area contributed by atoms with Crippen LogP contribution in [0.25, 0.3) is 11.5 Å². The fourth-order valence-corrected chi connectivity index (χ4v) is 2.92. The van der Waals surface area contributed by atoms with Crippen LogP contribution in [0.15, 0.2) is 28.8 Å². The van der Waals surface area contributed by atoms with Gasteiger partial charge >= 0.3 is 5.97 Å². The fraction of sp³-hybridized carbons (Fsp3) is 0.500. The first-order valence-electron chi connectivity index (χ1n) is 8.34. The van der Waals surface area contributed by atoms with E-state index in [2.05, 4.69) is 10.1 Å². The molecule has 5 heteroatoms. The van der Waals surface area contributed by atoms with Crippen LogP contribution < -0.4 is 0 Å². The molecular formula is C18H22N2O3. The zero-order chi connectivity index (χ0) is 16.1. The number of rotatable bonds is 3. The van der Waals surface area contributed by atoms with E-state index in [0.717, 1.165) is 31.2 Å². The second-order valence-electron chi connectivity index (χ2n) is 6.10. The summed E-state index contributed by atoms with van der Waals surface area (Å²) in [4.78, 5) is 16.5. The number of aryl methyl sites for hydroxylation is 1. The van der Waals surface area contributed by atoms with E-state index in [1.807, 2.05) is 12.1 Å². The van der Waals surface area contributed by atoms with E-state index in [1.54, 1.807) is 19.1 Å². The van der Waals surface area contributed by atoms with Gasteiger partial charge in [-0.3, -0.25) is 0 Å². The third kappa shape index (κ3) is 4.18. The molecule has 1 aliphatic carbocycles. The van der Waals surface area contributed by atoms with E-state index >= 15 is 0 Å². The number of benzene rings is 1. The van der Waals surface area contributed by atoms with Crippen molar-refractivity contribution in [3.63, 3.8) is 0 Å². The molecule has 1 saturated carbocycles. The first-order valence-corrected chi connectivity index (χ1v) is 8.34. The number of hydrogen-bond donors (Lipinski definition) is 0. The maximum absolute atomic E-state index is 12.3. The highest BCUT2D eigenvalue weighted by Crippen LogP contribution is 2.22. The van der Waals surface area contributed by atoms with Gasteiger partial charge < -0.3 is 9.26 Å². The molecule has 0 radical (unpaired) electrons. The number of nitrogens with zero attached hydrogens (tertiary/aromatic N) is 2. The molecule has 0 aliphatic heterocycles. The van der Waals surface area contributed by atoms with Gasteiger partial charge in [0, 0.05) is 5.56 Å². The smallest absolute Gasteiger partial charge is 0.338 e. The predicted molar refractivity (Wildman–Crippen MR) is 86.0 cm³/mol. The highest BCUT2D eigenvalue weighted by atomic mass is 16.5. The molecule has 0 N–H and O–H groups in total. The van der Waals surface area contributed by atoms with Gasteiger partial charge in [-0.05, 0) is 56.9 Å². The molecule has 0 amide bonds. The van der Waals surface area contributed by atoms with Crippen molar-refractivity contribution in [2.75, 3.05) is 0 Å². The van der Waals surface area contributed by atoms with Crippen molar-refractivity contribution in [1.82, 2.24) is 10.1 Å². The molecule has 0 spiro atoms. The van der Waals surface area contributed by atoms with Crippen LogP contribution in [0.5, 0.6) is 0 Å². The number of carbonyl (C=O) groups is 1. The summed E-state index contributed by atoms with van der Waals surface area (Å²) < 4.78 is 10.8. The van der Waals surface area contributed by atoms with Gasteiger partial charge in [-0.15, -0.1) is 0 Å². The van der Waals surface area contributed by atoms with Crippen molar-refractivity contribution < 1.29 is 14.1 Å². The van der Waals surface area contributed by atoms with Gasteiger partial charge in [-0.25, -0.2) is 4.79 Å². The van der Waals surface area contributed by atoms with E-state index in [9.17, 15) is 4.79 Å². The van der Waals surface area contributed by atoms with Crippen molar-refractivity contribution in [3.05, 3.63) is 35.7 Å². The summed E-state index contributed by atoms with van der Waals surface area (Å²) in [5, 5.41) is 3.77. The van der Waals surface area contributed by atoms with E-state index in [-0.39, 0.29) is 12.1 Å². The van der Waals surface area contributed by atoms with Gasteiger partial charge in [0.15, 0.2) is 5.82 Å². The third-order valence-electron chi connectivity index (χ3n) is 4.22. The molecule has 0 saturated heterocycles. The Hall–Kier alpha value is -2.17. The Kier molecular flexibility index (Phi) is 5.05. The average Bonchev–Trinajstić information content (AvgIpc) is 2.96. The molecular weight excluding hydrogens is 292 g/mol. The Labute approximate surface area is 136 Å². The Morgan fingerprint density at radius 2 is 1.74 bits per heavy atom. The minimum absolute atomic E-state index is 0.0565. The lowest BCUT2D eigenvalue weighted by Crippen LogP contribution is -2.19. The van der Waals surface area contributed by atoms with Crippen LogP contribution in [0.1, 0.15) is 61.1 Å². The molecule has 122 valence electrons. The van der Waals surface area contributed by atoms with Crippen LogP contribution in [0.3, 0.4) is 0 Å². The van der Waals surface area contributed by atoms with Crippen molar-refractivity contribution in [1.29, 1.82) is 0 Å². The molecule has 1 heterocycles. The highest BCUT2D eigenvalue weighted by Gasteiger charge is 2.17. The Balaban J connectivity index is 1.63. The van der Waals surface area contributed by atoms with Crippen molar-refractivity contribution in [2.24, 2.45) is 0 Å². The van der Waals surface area contributed by atoms with E-state index in [1.165, 1.54) is 19.3 Å². The van der Waals surface area contributed by atoms with Crippen molar-refractivity contribution in [2.45, 2.75) is 58.0 Å². The summed E-state index contributed by atoms with van der Waals surface area (Å²) in [7, 11) is 0. The number of carbonyl (C=O) groups excluding carboxylic acids is 1. The summed E-state index contributed by atoms with van der Waals surface area (Å²) in [6.45, 7) is 1.77. The monoisotopic (exact) mass is 314 g/mol. The lowest BCUT2D eigenvalue weighted by molar-refractivity contribution is 0.0239. The second kappa shape index (κ2) is 7.40. The standard InChI is InChI=1S/C18H22N2O3/c1-13-19-17(23-20-13)14-9-11-15(12-10-14)18(21)22-16-7-5-3-2-4-6-8-16/h9-12,16H,2-8H2,1H3. The molecule has 1 aromatic heterocycles. The van der Waals surface area contributed by atoms with E-state index < -0.39 is 0 Å². The van der Waals surface area contributed by atoms with Gasteiger partial charge in [0.05, 0.1) is 5.56 Å². The Morgan fingerprint density at radius 1 is 1.09 bits per heavy atom. The molecule has 23 heavy (non-hydrogen) atoms. The Bertz CT molecular complexity index is 641. The zero-order valence-electron chi connectivity index (χ0n) is 13.5. The summed E-state index contributed by atoms with van der Waals surface area (Å²) in [6.07, 6.45) is 8.09. The summed E-state index contributed by atoms with van der Waals surface area (Å²) in [6, 6.07) is 7.11. The predicted octanol–water partition coefficient (Wildman–Crippen LogP) is 4.31. The normalized spacial score (nSPS) is 16.6. The SMILES string of the molecule is Cc1noc(-c2ccc(C(=O)OC3CCCCCCC3)cc2)n1. The maximum atomic E-state index is 12.3. The third-order valence-corrected chi connectivity index (χ3v) is 4.22. The molecule has 0 bridgehead atoms. The van der Waals surface area contributed by atoms with Crippen LogP contribution in [0, 0.1) is 6.92 Å². The quantitative estimate of drug-likeness (QED) is 0.790. The molecule has 1 aromatic carbocycles. The Morgan fingerprint density at radius 3 is 2.35 bits per heavy atom. The average molecular weight is 314 g/mol. The van der Waals surface area contributed by atoms with Gasteiger partial charge in [0.25, 0.3) is 5.89 Å². The number of esters is 1. The van der Waals surface area contributed by atoms with Crippen LogP contribution in [-0.2, 0) is 4.74 Å². The van der Waals surface area contributed by atoms with Crippen molar-refractivity contribution in [3.8, 4) is 11.5 Å². The largest absolute Gasteiger partial charge is 0.459 e. The van der Waals surface area contributed by atoms with Crippen LogP contribution in [0.4, 0.5) is 0 Å². The van der Waals surface area contributed by atoms with Crippen molar-refractivity contribution >= 4 is 5.97 Å². The molecule has 5 nitrogen and oxygen atoms in total. The van der Waals surface area contributed by atoms with Gasteiger partial charge in [0.1, 0.15) is 6.10 Å². The minimum atomic E-state index is -0.246. The van der Waals surface area contributed by atoms with Crippen LogP contribution in [-0.4, -0.2) is 22.2 Å². The van der Waals surface area contributed by atoms with Gasteiger partial charge in [-0.1, -0.05) is 24.4 Å². The summed E-state index contributed by atoms with van der Waals surface area (Å²) in [5.41, 5.74) is 1.36. The molecule has 1 aliphatic rings. The highest BCUT2D eigenvalue weighted by molar-refractivity contribution is 5.90. The number of ether oxygens (including phenoxy) is 1. The number of hydrogen-bond acceptors (Lipinski definition) is 5. The maximum Gasteiger partial charge on any atom is 0.338 e. The lowest BCUT2D eigenvalue weighted by atomic mass is 9.98. The van der Waals surface area contributed by atoms with Crippen LogP contribution >= 0.6 is 0 Å². The van der Waals surface area contributed by atoms with E-state index in [0.29, 0.717) is 17.3 Å². The first-order chi connectivity index (χ1) is 11.2. The topological polar surface area (TPSA) is 65.2 Å². The van der Waals surface area contributed by atoms with Crippen LogP contribution in [0.2, 0.25) is 0 Å². The fourth-order valence-electron chi connectivity index (χ4n) is 2.92. The minimum Gasteiger partial charge on any atom is -0.459 e. The molecule has 0 atom stereocenters. The first kappa shape index (κ1) is 15.7. The van der Waals surface area contributed by atoms with Gasteiger partial charge in [-0.2, -0.15) is 4.98 Å². The summed E-state index contributed by atoms with van der Waals surface area (Å²) >= 11 is 0. The number of aromatic nitrogens is 2. The lowest BCUT2D eigenvalue weighted by Gasteiger charge is -2.20. The molecule has 0 unspecified atom stereocenters. The molecule has 3 rings (SSSR count). The van der Waals surface area contributed by atoms with E-state index in [4.69, 9.17) is 9.26 Å². The molecule has 2 aromatic rings. The molecule has 1 fully saturated rings. The van der Waals surface area contributed by atoms with Gasteiger partial charge in [0.2, 0.25) is 0 Å².